The molecule has 0 fully saturated rings. The molecule has 0 spiro atoms. The fraction of sp³-hybridized carbons (Fsp3) is 0.562. The lowest BCUT2D eigenvalue weighted by molar-refractivity contribution is 0.0951. The highest BCUT2D eigenvalue weighted by molar-refractivity contribution is 6.31. The smallest absolute Gasteiger partial charge is 0.255 e. The summed E-state index contributed by atoms with van der Waals surface area (Å²) in [4.78, 5) is 12.3. The van der Waals surface area contributed by atoms with E-state index in [1.807, 2.05) is 44.0 Å². The summed E-state index contributed by atoms with van der Waals surface area (Å²) in [7, 11) is 0. The van der Waals surface area contributed by atoms with E-state index in [9.17, 15) is 4.79 Å². The van der Waals surface area contributed by atoms with Crippen LogP contribution in [0.25, 0.3) is 0 Å². The molecule has 2 rings (SSSR count). The molecule has 2 aromatic rings. The van der Waals surface area contributed by atoms with E-state index >= 15 is 0 Å². The minimum Gasteiger partial charge on any atom is -0.352 e. The summed E-state index contributed by atoms with van der Waals surface area (Å²) in [6, 6.07) is 0. The van der Waals surface area contributed by atoms with Crippen LogP contribution in [0.4, 0.5) is 0 Å². The summed E-state index contributed by atoms with van der Waals surface area (Å²) >= 11 is 6.13. The molecule has 0 saturated heterocycles. The molecule has 0 bridgehead atoms. The van der Waals surface area contributed by atoms with Gasteiger partial charge < -0.3 is 5.32 Å². The molecular weight excluding hydrogens is 314 g/mol. The van der Waals surface area contributed by atoms with Crippen LogP contribution in [0.2, 0.25) is 5.02 Å². The molecular formula is C16H24ClN5O. The summed E-state index contributed by atoms with van der Waals surface area (Å²) < 4.78 is 3.73. The van der Waals surface area contributed by atoms with Crippen molar-refractivity contribution >= 4 is 17.5 Å². The summed E-state index contributed by atoms with van der Waals surface area (Å²) in [5, 5.41) is 12.4. The molecule has 7 heteroatoms. The van der Waals surface area contributed by atoms with E-state index in [0.29, 0.717) is 17.1 Å². The summed E-state index contributed by atoms with van der Waals surface area (Å²) in [6.07, 6.45) is 0.796. The van der Waals surface area contributed by atoms with Crippen LogP contribution in [0.3, 0.4) is 0 Å². The number of aryl methyl sites for hydroxylation is 4. The van der Waals surface area contributed by atoms with E-state index in [-0.39, 0.29) is 5.91 Å². The third-order valence-electron chi connectivity index (χ3n) is 4.03. The molecule has 0 aliphatic heterocycles. The van der Waals surface area contributed by atoms with Crippen molar-refractivity contribution in [1.82, 2.24) is 24.9 Å². The number of amides is 1. The molecule has 0 unspecified atom stereocenters. The van der Waals surface area contributed by atoms with Crippen molar-refractivity contribution < 1.29 is 4.79 Å². The fourth-order valence-electron chi connectivity index (χ4n) is 2.75. The molecule has 0 aromatic carbocycles. The number of aromatic nitrogens is 4. The fourth-order valence-corrected chi connectivity index (χ4v) is 2.88. The van der Waals surface area contributed by atoms with E-state index in [2.05, 4.69) is 15.5 Å². The first-order valence-corrected chi connectivity index (χ1v) is 8.26. The van der Waals surface area contributed by atoms with Crippen LogP contribution in [0.5, 0.6) is 0 Å². The molecule has 0 saturated carbocycles. The van der Waals surface area contributed by atoms with Crippen LogP contribution in [-0.2, 0) is 13.1 Å². The highest BCUT2D eigenvalue weighted by Crippen LogP contribution is 2.19. The molecule has 1 amide bonds. The van der Waals surface area contributed by atoms with Gasteiger partial charge in [0, 0.05) is 25.3 Å². The summed E-state index contributed by atoms with van der Waals surface area (Å²) in [5.74, 6) is -0.0638. The van der Waals surface area contributed by atoms with Crippen molar-refractivity contribution in [2.24, 2.45) is 0 Å². The normalized spacial score (nSPS) is 11.0. The van der Waals surface area contributed by atoms with Crippen molar-refractivity contribution in [2.45, 2.75) is 54.1 Å². The largest absolute Gasteiger partial charge is 0.352 e. The Morgan fingerprint density at radius 2 is 1.74 bits per heavy atom. The van der Waals surface area contributed by atoms with Gasteiger partial charge in [0.15, 0.2) is 0 Å². The van der Waals surface area contributed by atoms with E-state index in [1.54, 1.807) is 0 Å². The van der Waals surface area contributed by atoms with Crippen LogP contribution in [-0.4, -0.2) is 32.0 Å². The Hall–Kier alpha value is -1.82. The van der Waals surface area contributed by atoms with Gasteiger partial charge in [-0.3, -0.25) is 14.2 Å². The molecule has 0 radical (unpaired) electrons. The Balaban J connectivity index is 1.90. The topological polar surface area (TPSA) is 64.7 Å². The molecule has 1 N–H and O–H groups in total. The minimum atomic E-state index is -0.0638. The quantitative estimate of drug-likeness (QED) is 0.824. The zero-order chi connectivity index (χ0) is 17.1. The van der Waals surface area contributed by atoms with Crippen LogP contribution in [0.15, 0.2) is 0 Å². The number of nitrogens with one attached hydrogen (secondary N) is 1. The van der Waals surface area contributed by atoms with E-state index in [4.69, 9.17) is 11.6 Å². The van der Waals surface area contributed by atoms with Crippen LogP contribution < -0.4 is 5.32 Å². The van der Waals surface area contributed by atoms with Gasteiger partial charge in [-0.25, -0.2) is 0 Å². The van der Waals surface area contributed by atoms with Gasteiger partial charge in [0.1, 0.15) is 0 Å². The number of hydrogen-bond acceptors (Lipinski definition) is 3. The van der Waals surface area contributed by atoms with Crippen LogP contribution in [0, 0.1) is 27.7 Å². The lowest BCUT2D eigenvalue weighted by atomic mass is 10.2. The second-order valence-electron chi connectivity index (χ2n) is 5.68. The number of rotatable bonds is 6. The monoisotopic (exact) mass is 337 g/mol. The van der Waals surface area contributed by atoms with Gasteiger partial charge in [0.05, 0.1) is 27.7 Å². The van der Waals surface area contributed by atoms with Gasteiger partial charge in [-0.2, -0.15) is 10.2 Å². The first-order valence-electron chi connectivity index (χ1n) is 7.88. The summed E-state index contributed by atoms with van der Waals surface area (Å²) in [6.45, 7) is 11.7. The lowest BCUT2D eigenvalue weighted by Gasteiger charge is -2.07. The molecule has 126 valence electrons. The van der Waals surface area contributed by atoms with Crippen molar-refractivity contribution in [1.29, 1.82) is 0 Å². The van der Waals surface area contributed by atoms with Crippen molar-refractivity contribution in [3.8, 4) is 0 Å². The molecule has 23 heavy (non-hydrogen) atoms. The van der Waals surface area contributed by atoms with Crippen LogP contribution >= 0.6 is 11.6 Å². The zero-order valence-electron chi connectivity index (χ0n) is 14.4. The molecule has 6 nitrogen and oxygen atoms in total. The van der Waals surface area contributed by atoms with Gasteiger partial charge in [0.25, 0.3) is 5.91 Å². The van der Waals surface area contributed by atoms with Crippen LogP contribution in [0.1, 0.15) is 46.5 Å². The molecule has 0 atom stereocenters. The molecule has 2 heterocycles. The minimum absolute atomic E-state index is 0.0638. The maximum atomic E-state index is 12.3. The molecule has 2 aromatic heterocycles. The maximum absolute atomic E-state index is 12.3. The summed E-state index contributed by atoms with van der Waals surface area (Å²) in [5.41, 5.74) is 4.17. The highest BCUT2D eigenvalue weighted by Gasteiger charge is 2.17. The Bertz CT molecular complexity index is 717. The zero-order valence-corrected chi connectivity index (χ0v) is 15.2. The third kappa shape index (κ3) is 3.58. The number of halogens is 1. The predicted molar refractivity (Wildman–Crippen MR) is 91.0 cm³/mol. The lowest BCUT2D eigenvalue weighted by Crippen LogP contribution is -2.26. The Kier molecular flexibility index (Phi) is 5.46. The Morgan fingerprint density at radius 1 is 1.09 bits per heavy atom. The maximum Gasteiger partial charge on any atom is 0.255 e. The van der Waals surface area contributed by atoms with Gasteiger partial charge in [0.2, 0.25) is 0 Å². The second kappa shape index (κ2) is 7.17. The Labute approximate surface area is 141 Å². The van der Waals surface area contributed by atoms with Gasteiger partial charge in [-0.05, 0) is 41.0 Å². The second-order valence-corrected chi connectivity index (χ2v) is 6.06. The van der Waals surface area contributed by atoms with E-state index < -0.39 is 0 Å². The third-order valence-corrected chi connectivity index (χ3v) is 4.58. The average Bonchev–Trinajstić information content (AvgIpc) is 2.94. The molecule has 0 aliphatic carbocycles. The van der Waals surface area contributed by atoms with Crippen molar-refractivity contribution in [3.05, 3.63) is 33.4 Å². The number of carbonyl (C=O) groups is 1. The van der Waals surface area contributed by atoms with Gasteiger partial charge in [-0.15, -0.1) is 0 Å². The number of hydrogen-bond donors (Lipinski definition) is 1. The van der Waals surface area contributed by atoms with Gasteiger partial charge in [-0.1, -0.05) is 11.6 Å². The Morgan fingerprint density at radius 3 is 2.26 bits per heavy atom. The SMILES string of the molecule is CCn1nc(C)c(C(=O)NCCCn2nc(C)c(Cl)c2C)c1C. The first kappa shape index (κ1) is 17.5. The van der Waals surface area contributed by atoms with E-state index in [0.717, 1.165) is 42.3 Å². The number of carbonyl (C=O) groups excluding carboxylic acids is 1. The van der Waals surface area contributed by atoms with Gasteiger partial charge >= 0.3 is 0 Å². The molecule has 0 aliphatic rings. The average molecular weight is 338 g/mol. The van der Waals surface area contributed by atoms with Crippen molar-refractivity contribution in [2.75, 3.05) is 6.54 Å². The first-order chi connectivity index (χ1) is 10.9. The van der Waals surface area contributed by atoms with Crippen molar-refractivity contribution in [3.63, 3.8) is 0 Å². The highest BCUT2D eigenvalue weighted by atomic mass is 35.5. The standard InChI is InChI=1S/C16H24ClN5O/c1-6-21-12(4)14(10(2)19-21)16(23)18-8-7-9-22-13(5)15(17)11(3)20-22/h6-9H2,1-5H3,(H,18,23). The number of nitrogens with zero attached hydrogens (tertiary/aromatic N) is 4. The predicted octanol–water partition coefficient (Wildman–Crippen LogP) is 2.81. The van der Waals surface area contributed by atoms with E-state index in [1.165, 1.54) is 0 Å².